The van der Waals surface area contributed by atoms with Gasteiger partial charge in [0.05, 0.1) is 5.69 Å². The molecule has 1 aromatic rings. The Bertz CT molecular complexity index is 433. The first-order valence-electron chi connectivity index (χ1n) is 7.28. The number of carbonyl (C=O) groups is 1. The van der Waals surface area contributed by atoms with E-state index in [2.05, 4.69) is 17.3 Å². The van der Waals surface area contributed by atoms with Crippen LogP contribution in [0.2, 0.25) is 0 Å². The van der Waals surface area contributed by atoms with E-state index in [-0.39, 0.29) is 0 Å². The van der Waals surface area contributed by atoms with Crippen LogP contribution in [0.25, 0.3) is 0 Å². The molecular weight excluding hydrogens is 238 g/mol. The Morgan fingerprint density at radius 2 is 2.42 bits per heavy atom. The van der Waals surface area contributed by atoms with Gasteiger partial charge in [0.15, 0.2) is 0 Å². The van der Waals surface area contributed by atoms with Crippen LogP contribution in [0.15, 0.2) is 6.07 Å². The predicted octanol–water partition coefficient (Wildman–Crippen LogP) is 1.87. The molecule has 0 aliphatic carbocycles. The molecule has 2 atom stereocenters. The van der Waals surface area contributed by atoms with Crippen molar-refractivity contribution < 1.29 is 4.79 Å². The lowest BCUT2D eigenvalue weighted by molar-refractivity contribution is -0.119. The highest BCUT2D eigenvalue weighted by Gasteiger charge is 2.22. The molecule has 2 heterocycles. The zero-order chi connectivity index (χ0) is 13.8. The summed E-state index contributed by atoms with van der Waals surface area (Å²) in [6.07, 6.45) is 3.70. The molecule has 1 aliphatic rings. The standard InChI is InChI=1S/C15H25N3O/c1-11(13-5-4-6-16-10-13)7-15(19)9-14-8-12(2)17-18(14)3/h8,11,13,16H,4-7,9-10H2,1-3H3. The summed E-state index contributed by atoms with van der Waals surface area (Å²) in [4.78, 5) is 12.2. The Hall–Kier alpha value is -1.16. The molecule has 0 spiro atoms. The number of nitrogens with one attached hydrogen (secondary N) is 1. The van der Waals surface area contributed by atoms with Gasteiger partial charge in [-0.2, -0.15) is 5.10 Å². The Labute approximate surface area is 115 Å². The quantitative estimate of drug-likeness (QED) is 0.882. The minimum atomic E-state index is 0.334. The maximum Gasteiger partial charge on any atom is 0.139 e. The lowest BCUT2D eigenvalue weighted by Gasteiger charge is -2.28. The van der Waals surface area contributed by atoms with Crippen molar-refractivity contribution in [2.45, 2.75) is 39.5 Å². The Kier molecular flexibility index (Phi) is 4.75. The van der Waals surface area contributed by atoms with Gasteiger partial charge in [-0.25, -0.2) is 0 Å². The van der Waals surface area contributed by atoms with Crippen molar-refractivity contribution in [3.05, 3.63) is 17.5 Å². The maximum absolute atomic E-state index is 12.2. The number of ketones is 1. The molecule has 0 radical (unpaired) electrons. The number of nitrogens with zero attached hydrogens (tertiary/aromatic N) is 2. The summed E-state index contributed by atoms with van der Waals surface area (Å²) in [5, 5.41) is 7.71. The summed E-state index contributed by atoms with van der Waals surface area (Å²) < 4.78 is 1.82. The minimum Gasteiger partial charge on any atom is -0.316 e. The molecule has 1 saturated heterocycles. The highest BCUT2D eigenvalue weighted by molar-refractivity contribution is 5.80. The van der Waals surface area contributed by atoms with Gasteiger partial charge in [0.25, 0.3) is 0 Å². The zero-order valence-electron chi connectivity index (χ0n) is 12.3. The first-order chi connectivity index (χ1) is 9.06. The van der Waals surface area contributed by atoms with Crippen LogP contribution in [0, 0.1) is 18.8 Å². The van der Waals surface area contributed by atoms with Crippen molar-refractivity contribution in [3.63, 3.8) is 0 Å². The largest absolute Gasteiger partial charge is 0.316 e. The second kappa shape index (κ2) is 6.33. The molecule has 0 saturated carbocycles. The van der Waals surface area contributed by atoms with E-state index < -0.39 is 0 Å². The molecule has 2 rings (SSSR count). The zero-order valence-corrected chi connectivity index (χ0v) is 12.3. The molecule has 1 aliphatic heterocycles. The maximum atomic E-state index is 12.2. The van der Waals surface area contributed by atoms with Crippen LogP contribution < -0.4 is 5.32 Å². The number of aromatic nitrogens is 2. The third-order valence-corrected chi connectivity index (χ3v) is 4.17. The van der Waals surface area contributed by atoms with Crippen molar-refractivity contribution in [1.29, 1.82) is 0 Å². The Morgan fingerprint density at radius 1 is 1.63 bits per heavy atom. The summed E-state index contributed by atoms with van der Waals surface area (Å²) in [7, 11) is 1.91. The van der Waals surface area contributed by atoms with E-state index in [1.54, 1.807) is 0 Å². The van der Waals surface area contributed by atoms with E-state index in [1.165, 1.54) is 12.8 Å². The molecule has 1 N–H and O–H groups in total. The van der Waals surface area contributed by atoms with Gasteiger partial charge in [-0.05, 0) is 50.8 Å². The Morgan fingerprint density at radius 3 is 3.00 bits per heavy atom. The molecule has 1 fully saturated rings. The SMILES string of the molecule is Cc1cc(CC(=O)CC(C)C2CCCNC2)n(C)n1. The minimum absolute atomic E-state index is 0.334. The monoisotopic (exact) mass is 263 g/mol. The van der Waals surface area contributed by atoms with Crippen molar-refractivity contribution in [2.75, 3.05) is 13.1 Å². The van der Waals surface area contributed by atoms with Gasteiger partial charge in [-0.3, -0.25) is 9.48 Å². The van der Waals surface area contributed by atoms with Crippen molar-refractivity contribution in [3.8, 4) is 0 Å². The second-order valence-corrected chi connectivity index (χ2v) is 5.90. The molecule has 0 amide bonds. The van der Waals surface area contributed by atoms with Gasteiger partial charge >= 0.3 is 0 Å². The lowest BCUT2D eigenvalue weighted by Crippen LogP contribution is -2.34. The molecule has 1 aromatic heterocycles. The van der Waals surface area contributed by atoms with Crippen LogP contribution in [0.3, 0.4) is 0 Å². The normalized spacial score (nSPS) is 21.3. The Balaban J connectivity index is 1.85. The van der Waals surface area contributed by atoms with Crippen LogP contribution in [0.4, 0.5) is 0 Å². The van der Waals surface area contributed by atoms with Crippen molar-refractivity contribution in [1.82, 2.24) is 15.1 Å². The molecule has 19 heavy (non-hydrogen) atoms. The van der Waals surface area contributed by atoms with Gasteiger partial charge in [0.1, 0.15) is 5.78 Å². The van der Waals surface area contributed by atoms with Crippen LogP contribution >= 0.6 is 0 Å². The van der Waals surface area contributed by atoms with E-state index in [9.17, 15) is 4.79 Å². The summed E-state index contributed by atoms with van der Waals surface area (Å²) in [6.45, 7) is 6.37. The summed E-state index contributed by atoms with van der Waals surface area (Å²) in [5.74, 6) is 1.47. The lowest BCUT2D eigenvalue weighted by atomic mass is 9.84. The molecule has 0 bridgehead atoms. The fourth-order valence-corrected chi connectivity index (χ4v) is 2.99. The average molecular weight is 263 g/mol. The van der Waals surface area contributed by atoms with E-state index in [1.807, 2.05) is 24.7 Å². The van der Waals surface area contributed by atoms with Crippen LogP contribution in [0.5, 0.6) is 0 Å². The van der Waals surface area contributed by atoms with Crippen molar-refractivity contribution >= 4 is 5.78 Å². The molecule has 2 unspecified atom stereocenters. The number of hydrogen-bond acceptors (Lipinski definition) is 3. The fraction of sp³-hybridized carbons (Fsp3) is 0.733. The smallest absolute Gasteiger partial charge is 0.139 e. The third kappa shape index (κ3) is 3.90. The van der Waals surface area contributed by atoms with E-state index in [0.29, 0.717) is 30.5 Å². The molecule has 0 aromatic carbocycles. The first-order valence-corrected chi connectivity index (χ1v) is 7.28. The number of carbonyl (C=O) groups excluding carboxylic acids is 1. The van der Waals surface area contributed by atoms with E-state index >= 15 is 0 Å². The molecular formula is C15H25N3O. The fourth-order valence-electron chi connectivity index (χ4n) is 2.99. The number of piperidine rings is 1. The third-order valence-electron chi connectivity index (χ3n) is 4.17. The molecule has 4 nitrogen and oxygen atoms in total. The number of aryl methyl sites for hydroxylation is 2. The average Bonchev–Trinajstić information content (AvgIpc) is 2.68. The van der Waals surface area contributed by atoms with Crippen LogP contribution in [0.1, 0.15) is 37.6 Å². The van der Waals surface area contributed by atoms with Crippen LogP contribution in [-0.2, 0) is 18.3 Å². The van der Waals surface area contributed by atoms with E-state index in [0.717, 1.165) is 24.5 Å². The van der Waals surface area contributed by atoms with Gasteiger partial charge in [-0.1, -0.05) is 6.92 Å². The van der Waals surface area contributed by atoms with Gasteiger partial charge in [0, 0.05) is 25.6 Å². The number of hydrogen-bond donors (Lipinski definition) is 1. The highest BCUT2D eigenvalue weighted by Crippen LogP contribution is 2.23. The summed E-state index contributed by atoms with van der Waals surface area (Å²) >= 11 is 0. The number of Topliss-reactive ketones (excluding diaryl/α,β-unsaturated/α-hetero) is 1. The number of rotatable bonds is 5. The van der Waals surface area contributed by atoms with Crippen LogP contribution in [-0.4, -0.2) is 28.7 Å². The van der Waals surface area contributed by atoms with E-state index in [4.69, 9.17) is 0 Å². The van der Waals surface area contributed by atoms with Gasteiger partial charge in [0.2, 0.25) is 0 Å². The van der Waals surface area contributed by atoms with Gasteiger partial charge < -0.3 is 5.32 Å². The van der Waals surface area contributed by atoms with Crippen molar-refractivity contribution in [2.24, 2.45) is 18.9 Å². The molecule has 4 heteroatoms. The highest BCUT2D eigenvalue weighted by atomic mass is 16.1. The predicted molar refractivity (Wildman–Crippen MR) is 76.0 cm³/mol. The summed E-state index contributed by atoms with van der Waals surface area (Å²) in [6, 6.07) is 2.00. The molecule has 106 valence electrons. The first kappa shape index (κ1) is 14.3. The van der Waals surface area contributed by atoms with Gasteiger partial charge in [-0.15, -0.1) is 0 Å². The summed E-state index contributed by atoms with van der Waals surface area (Å²) in [5.41, 5.74) is 2.01. The topological polar surface area (TPSA) is 46.9 Å². The second-order valence-electron chi connectivity index (χ2n) is 5.90.